The topological polar surface area (TPSA) is 63.2 Å². The summed E-state index contributed by atoms with van der Waals surface area (Å²) in [6.07, 6.45) is 0. The molecule has 0 aromatic heterocycles. The zero-order valence-electron chi connectivity index (χ0n) is 18.3. The molecule has 0 saturated heterocycles. The van der Waals surface area contributed by atoms with E-state index in [0.29, 0.717) is 11.3 Å². The molecule has 154 valence electrons. The monoisotopic (exact) mass is 395 g/mol. The first kappa shape index (κ1) is 29.6. The Kier molecular flexibility index (Phi) is 20.5. The van der Waals surface area contributed by atoms with Crippen LogP contribution in [0, 0.1) is 0 Å². The molecule has 0 amide bonds. The van der Waals surface area contributed by atoms with Gasteiger partial charge in [0, 0.05) is 5.56 Å². The molecule has 0 saturated carbocycles. The number of hydrogen-bond donors (Lipinski definition) is 1. The van der Waals surface area contributed by atoms with E-state index >= 15 is 0 Å². The van der Waals surface area contributed by atoms with Gasteiger partial charge in [0.25, 0.3) is 10.0 Å². The summed E-state index contributed by atoms with van der Waals surface area (Å²) in [5, 5.41) is 0. The van der Waals surface area contributed by atoms with Crippen LogP contribution in [-0.4, -0.2) is 14.2 Å². The number of carbonyl (C=O) groups excluding carboxylic acids is 1. The number of rotatable bonds is 4. The number of benzene rings is 2. The van der Waals surface area contributed by atoms with Gasteiger partial charge < -0.3 is 0 Å². The first-order chi connectivity index (χ1) is 13.0. The molecule has 0 unspecified atom stereocenters. The molecule has 4 nitrogen and oxygen atoms in total. The van der Waals surface area contributed by atoms with Crippen LogP contribution in [0.25, 0.3) is 0 Å². The third kappa shape index (κ3) is 11.2. The van der Waals surface area contributed by atoms with Gasteiger partial charge in [0.2, 0.25) is 0 Å². The Morgan fingerprint density at radius 3 is 1.56 bits per heavy atom. The minimum atomic E-state index is -3.67. The van der Waals surface area contributed by atoms with Crippen molar-refractivity contribution in [1.82, 2.24) is 0 Å². The Labute approximate surface area is 167 Å². The van der Waals surface area contributed by atoms with E-state index in [1.54, 1.807) is 42.5 Å². The first-order valence-electron chi connectivity index (χ1n) is 9.68. The van der Waals surface area contributed by atoms with Crippen molar-refractivity contribution in [2.45, 2.75) is 67.2 Å². The molecule has 0 spiro atoms. The van der Waals surface area contributed by atoms with E-state index in [4.69, 9.17) is 0 Å². The van der Waals surface area contributed by atoms with Crippen LogP contribution in [0.3, 0.4) is 0 Å². The summed E-state index contributed by atoms with van der Waals surface area (Å²) in [4.78, 5) is 11.6. The van der Waals surface area contributed by atoms with Crippen molar-refractivity contribution in [3.63, 3.8) is 0 Å². The highest BCUT2D eigenvalue weighted by atomic mass is 32.2. The number of anilines is 1. The van der Waals surface area contributed by atoms with Crippen molar-refractivity contribution in [2.75, 3.05) is 4.72 Å². The van der Waals surface area contributed by atoms with Gasteiger partial charge in [0.05, 0.1) is 10.6 Å². The molecule has 0 fully saturated rings. The van der Waals surface area contributed by atoms with Gasteiger partial charge in [-0.15, -0.1) is 0 Å². The Morgan fingerprint density at radius 2 is 1.11 bits per heavy atom. The average Bonchev–Trinajstić information content (AvgIpc) is 2.74. The molecule has 0 bridgehead atoms. The normalized spacial score (nSPS) is 8.63. The highest BCUT2D eigenvalue weighted by Gasteiger charge is 2.16. The Morgan fingerprint density at radius 1 is 0.704 bits per heavy atom. The molecule has 0 aliphatic heterocycles. The number of carbonyl (C=O) groups is 1. The second-order valence-electron chi connectivity index (χ2n) is 4.02. The predicted molar refractivity (Wildman–Crippen MR) is 119 cm³/mol. The summed E-state index contributed by atoms with van der Waals surface area (Å²) < 4.78 is 26.7. The molecule has 0 heterocycles. The lowest BCUT2D eigenvalue weighted by molar-refractivity contribution is 0.101. The quantitative estimate of drug-likeness (QED) is 0.579. The van der Waals surface area contributed by atoms with Crippen molar-refractivity contribution >= 4 is 21.5 Å². The largest absolute Gasteiger partial charge is 0.294 e. The maximum atomic E-state index is 12.2. The van der Waals surface area contributed by atoms with E-state index in [0.717, 1.165) is 0 Å². The lowest BCUT2D eigenvalue weighted by Gasteiger charge is -2.10. The third-order valence-corrected chi connectivity index (χ3v) is 3.99. The van der Waals surface area contributed by atoms with Gasteiger partial charge in [0.1, 0.15) is 0 Å². The number of para-hydroxylation sites is 1. The van der Waals surface area contributed by atoms with Crippen molar-refractivity contribution < 1.29 is 13.2 Å². The molecule has 0 radical (unpaired) electrons. The maximum Gasteiger partial charge on any atom is 0.261 e. The molecular formula is C22H37NO3S. The lowest BCUT2D eigenvalue weighted by Crippen LogP contribution is -2.14. The van der Waals surface area contributed by atoms with Crippen LogP contribution in [0.4, 0.5) is 5.69 Å². The van der Waals surface area contributed by atoms with Gasteiger partial charge in [-0.1, -0.05) is 85.7 Å². The fourth-order valence-corrected chi connectivity index (χ4v) is 2.78. The smallest absolute Gasteiger partial charge is 0.261 e. The van der Waals surface area contributed by atoms with E-state index in [-0.39, 0.29) is 10.7 Å². The Balaban J connectivity index is -0.000000638. The van der Waals surface area contributed by atoms with E-state index in [1.165, 1.54) is 19.1 Å². The van der Waals surface area contributed by atoms with Gasteiger partial charge in [-0.25, -0.2) is 8.42 Å². The number of Topliss-reactive ketones (excluding diaryl/α,β-unsaturated/α-hetero) is 1. The van der Waals surface area contributed by atoms with Gasteiger partial charge in [-0.2, -0.15) is 0 Å². The van der Waals surface area contributed by atoms with Gasteiger partial charge in [-0.05, 0) is 31.2 Å². The second kappa shape index (κ2) is 18.6. The average molecular weight is 396 g/mol. The molecular weight excluding hydrogens is 358 g/mol. The van der Waals surface area contributed by atoms with Gasteiger partial charge >= 0.3 is 0 Å². The standard InChI is InChI=1S/C14H13NO3S.4C2H6/c1-11(16)13-9-5-6-10-14(13)15-19(17,18)12-7-3-2-4-8-12;4*1-2/h2-10,15H,1H3;4*1-2H3. The van der Waals surface area contributed by atoms with Crippen molar-refractivity contribution in [1.29, 1.82) is 0 Å². The SMILES string of the molecule is CC.CC.CC.CC.CC(=O)c1ccccc1NS(=O)(=O)c1ccccc1. The molecule has 5 heteroatoms. The molecule has 2 aromatic rings. The summed E-state index contributed by atoms with van der Waals surface area (Å²) in [5.41, 5.74) is 0.640. The number of sulfonamides is 1. The highest BCUT2D eigenvalue weighted by molar-refractivity contribution is 7.92. The third-order valence-electron chi connectivity index (χ3n) is 2.60. The summed E-state index contributed by atoms with van der Waals surface area (Å²) in [5.74, 6) is -0.189. The highest BCUT2D eigenvalue weighted by Crippen LogP contribution is 2.20. The van der Waals surface area contributed by atoms with Gasteiger partial charge in [0.15, 0.2) is 5.78 Å². The van der Waals surface area contributed by atoms with E-state index in [2.05, 4.69) is 4.72 Å². The molecule has 0 aliphatic rings. The molecule has 0 aliphatic carbocycles. The van der Waals surface area contributed by atoms with Crippen LogP contribution in [0.5, 0.6) is 0 Å². The minimum absolute atomic E-state index is 0.161. The van der Waals surface area contributed by atoms with Gasteiger partial charge in [-0.3, -0.25) is 9.52 Å². The van der Waals surface area contributed by atoms with Crippen molar-refractivity contribution in [3.05, 3.63) is 60.2 Å². The molecule has 2 aromatic carbocycles. The summed E-state index contributed by atoms with van der Waals surface area (Å²) >= 11 is 0. The zero-order valence-corrected chi connectivity index (χ0v) is 19.1. The van der Waals surface area contributed by atoms with Crippen LogP contribution in [-0.2, 0) is 10.0 Å². The summed E-state index contributed by atoms with van der Waals surface area (Å²) in [6.45, 7) is 17.4. The van der Waals surface area contributed by atoms with Crippen LogP contribution in [0.15, 0.2) is 59.5 Å². The van der Waals surface area contributed by atoms with Crippen molar-refractivity contribution in [3.8, 4) is 0 Å². The molecule has 2 rings (SSSR count). The van der Waals surface area contributed by atoms with Crippen LogP contribution < -0.4 is 4.72 Å². The number of ketones is 1. The Bertz CT molecular complexity index is 697. The fourth-order valence-electron chi connectivity index (χ4n) is 1.68. The lowest BCUT2D eigenvalue weighted by atomic mass is 10.1. The van der Waals surface area contributed by atoms with Crippen LogP contribution in [0.2, 0.25) is 0 Å². The van der Waals surface area contributed by atoms with Crippen LogP contribution >= 0.6 is 0 Å². The van der Waals surface area contributed by atoms with E-state index in [9.17, 15) is 13.2 Å². The molecule has 1 N–H and O–H groups in total. The summed E-state index contributed by atoms with van der Waals surface area (Å²) in [6, 6.07) is 14.5. The molecule has 0 atom stereocenters. The van der Waals surface area contributed by atoms with E-state index in [1.807, 2.05) is 55.4 Å². The number of nitrogens with one attached hydrogen (secondary N) is 1. The fraction of sp³-hybridized carbons (Fsp3) is 0.409. The van der Waals surface area contributed by atoms with Crippen LogP contribution in [0.1, 0.15) is 72.7 Å². The zero-order chi connectivity index (χ0) is 21.9. The molecule has 27 heavy (non-hydrogen) atoms. The maximum absolute atomic E-state index is 12.2. The summed E-state index contributed by atoms with van der Waals surface area (Å²) in [7, 11) is -3.67. The second-order valence-corrected chi connectivity index (χ2v) is 5.70. The first-order valence-corrected chi connectivity index (χ1v) is 11.2. The number of hydrogen-bond acceptors (Lipinski definition) is 3. The minimum Gasteiger partial charge on any atom is -0.294 e. The Hall–Kier alpha value is -2.14. The van der Waals surface area contributed by atoms with Crippen molar-refractivity contribution in [2.24, 2.45) is 0 Å². The van der Waals surface area contributed by atoms with E-state index < -0.39 is 10.0 Å². The predicted octanol–water partition coefficient (Wildman–Crippen LogP) is 6.79.